The van der Waals surface area contributed by atoms with E-state index in [4.69, 9.17) is 28.4 Å². The fourth-order valence-electron chi connectivity index (χ4n) is 14.1. The molecule has 17 unspecified atom stereocenters. The van der Waals surface area contributed by atoms with E-state index in [0.717, 1.165) is 83.5 Å². The number of rotatable bonds is 69. The van der Waals surface area contributed by atoms with Crippen LogP contribution in [0.1, 0.15) is 322 Å². The number of unbranched alkanes of at least 4 members (excludes halogenated alkanes) is 37. The average Bonchev–Trinajstić information content (AvgIpc) is 0.759. The predicted octanol–water partition coefficient (Wildman–Crippen LogP) is 16.1. The molecule has 17 atom stereocenters. The highest BCUT2D eigenvalue weighted by Crippen LogP contribution is 2.33. The Hall–Kier alpha value is -3.55. The summed E-state index contributed by atoms with van der Waals surface area (Å²) in [7, 11) is 0. The van der Waals surface area contributed by atoms with Crippen LogP contribution in [-0.4, -0.2) is 193 Å². The van der Waals surface area contributed by atoms with Crippen LogP contribution in [0.2, 0.25) is 0 Å². The lowest BCUT2D eigenvalue weighted by atomic mass is 9.96. The summed E-state index contributed by atoms with van der Waals surface area (Å²) < 4.78 is 34.5. The molecule has 630 valence electrons. The molecule has 0 aliphatic carbocycles. The zero-order valence-electron chi connectivity index (χ0n) is 67.8. The second-order valence-corrected chi connectivity index (χ2v) is 30.6. The molecule has 0 saturated carbocycles. The molecule has 0 spiro atoms. The Morgan fingerprint density at radius 3 is 1.03 bits per heavy atom. The van der Waals surface area contributed by atoms with Crippen LogP contribution < -0.4 is 5.32 Å². The molecular formula is C90H157NO18. The number of amides is 1. The molecule has 0 radical (unpaired) electrons. The number of aliphatic hydroxyl groups excluding tert-OH is 11. The van der Waals surface area contributed by atoms with Gasteiger partial charge in [0.05, 0.1) is 38.6 Å². The summed E-state index contributed by atoms with van der Waals surface area (Å²) in [5.41, 5.74) is 0. The number of nitrogens with one attached hydrogen (secondary N) is 1. The monoisotopic (exact) mass is 1540 g/mol. The van der Waals surface area contributed by atoms with Gasteiger partial charge >= 0.3 is 0 Å². The first kappa shape index (κ1) is 99.6. The maximum atomic E-state index is 13.5. The molecule has 3 heterocycles. The first-order valence-electron chi connectivity index (χ1n) is 43.6. The Bertz CT molecular complexity index is 2390. The molecule has 3 rings (SSSR count). The van der Waals surface area contributed by atoms with E-state index in [1.807, 2.05) is 6.08 Å². The molecule has 109 heavy (non-hydrogen) atoms. The highest BCUT2D eigenvalue weighted by molar-refractivity contribution is 5.76. The molecule has 0 bridgehead atoms. The Morgan fingerprint density at radius 1 is 0.339 bits per heavy atom. The van der Waals surface area contributed by atoms with E-state index in [1.165, 1.54) is 205 Å². The average molecular weight is 1540 g/mol. The van der Waals surface area contributed by atoms with E-state index >= 15 is 0 Å². The maximum absolute atomic E-state index is 13.5. The molecule has 0 aromatic rings. The van der Waals surface area contributed by atoms with E-state index in [2.05, 4.69) is 116 Å². The van der Waals surface area contributed by atoms with Gasteiger partial charge in [-0.1, -0.05) is 335 Å². The van der Waals surface area contributed by atoms with E-state index < -0.39 is 124 Å². The maximum Gasteiger partial charge on any atom is 0.220 e. The van der Waals surface area contributed by atoms with Crippen molar-refractivity contribution >= 4 is 5.91 Å². The van der Waals surface area contributed by atoms with E-state index in [0.29, 0.717) is 12.8 Å². The third kappa shape index (κ3) is 47.8. The second kappa shape index (κ2) is 68.8. The van der Waals surface area contributed by atoms with Gasteiger partial charge < -0.3 is 89.9 Å². The third-order valence-electron chi connectivity index (χ3n) is 21.1. The zero-order valence-corrected chi connectivity index (χ0v) is 67.8. The molecule has 3 aliphatic rings. The topological polar surface area (TPSA) is 307 Å². The van der Waals surface area contributed by atoms with Crippen LogP contribution in [0.15, 0.2) is 109 Å². The van der Waals surface area contributed by atoms with Gasteiger partial charge in [0.25, 0.3) is 0 Å². The number of aliphatic hydroxyl groups is 11. The summed E-state index contributed by atoms with van der Waals surface area (Å²) in [6.45, 7) is 1.64. The van der Waals surface area contributed by atoms with Crippen LogP contribution in [-0.2, 0) is 33.2 Å². The number of hydrogen-bond donors (Lipinski definition) is 12. The van der Waals surface area contributed by atoms with Crippen LogP contribution in [0, 0.1) is 0 Å². The van der Waals surface area contributed by atoms with Crippen LogP contribution in [0.3, 0.4) is 0 Å². The normalized spacial score (nSPS) is 25.8. The molecule has 3 saturated heterocycles. The Balaban J connectivity index is 1.33. The minimum Gasteiger partial charge on any atom is -0.394 e. The van der Waals surface area contributed by atoms with Crippen LogP contribution in [0.25, 0.3) is 0 Å². The lowest BCUT2D eigenvalue weighted by molar-refractivity contribution is -0.379. The molecule has 19 nitrogen and oxygen atoms in total. The van der Waals surface area contributed by atoms with Gasteiger partial charge in [0, 0.05) is 6.42 Å². The Labute approximate surface area is 659 Å². The summed E-state index contributed by atoms with van der Waals surface area (Å²) in [4.78, 5) is 13.5. The molecule has 3 aliphatic heterocycles. The SMILES string of the molecule is CC/C=C\C/C=C\C/C=C\C/C=C\C/C=C\C/C=C\C/C=C\CCCCCCCCCCCCCCCCCCCC(=O)NC(COC1OC(CO)C(OC2OC(CO)C(OC3OC(CO)C(O)C(O)C3O)C(O)C2O)C(O)C1O)C(O)/C=C/CC/C=C/CCCCCCCCCCCCCCCCCCCCC. The third-order valence-corrected chi connectivity index (χ3v) is 21.1. The summed E-state index contributed by atoms with van der Waals surface area (Å²) in [5, 5.41) is 121. The van der Waals surface area contributed by atoms with Gasteiger partial charge in [-0.2, -0.15) is 0 Å². The van der Waals surface area contributed by atoms with Gasteiger partial charge in [-0.3, -0.25) is 4.79 Å². The van der Waals surface area contributed by atoms with Crippen molar-refractivity contribution in [3.05, 3.63) is 109 Å². The summed E-state index contributed by atoms with van der Waals surface area (Å²) in [5.74, 6) is -0.284. The predicted molar refractivity (Wildman–Crippen MR) is 438 cm³/mol. The van der Waals surface area contributed by atoms with Gasteiger partial charge in [0.2, 0.25) is 5.91 Å². The first-order valence-corrected chi connectivity index (χ1v) is 43.6. The van der Waals surface area contributed by atoms with Gasteiger partial charge in [-0.25, -0.2) is 0 Å². The largest absolute Gasteiger partial charge is 0.394 e. The summed E-state index contributed by atoms with van der Waals surface area (Å²) in [6.07, 6.45) is 69.4. The highest BCUT2D eigenvalue weighted by atomic mass is 16.8. The number of hydrogen-bond acceptors (Lipinski definition) is 18. The van der Waals surface area contributed by atoms with Gasteiger partial charge in [-0.15, -0.1) is 0 Å². The second-order valence-electron chi connectivity index (χ2n) is 30.6. The molecule has 19 heteroatoms. The van der Waals surface area contributed by atoms with Gasteiger partial charge in [0.1, 0.15) is 73.2 Å². The minimum atomic E-state index is -1.99. The van der Waals surface area contributed by atoms with Crippen molar-refractivity contribution in [2.75, 3.05) is 26.4 Å². The van der Waals surface area contributed by atoms with Crippen LogP contribution in [0.4, 0.5) is 0 Å². The smallest absolute Gasteiger partial charge is 0.220 e. The van der Waals surface area contributed by atoms with E-state index in [1.54, 1.807) is 6.08 Å². The lowest BCUT2D eigenvalue weighted by Gasteiger charge is -2.48. The summed E-state index contributed by atoms with van der Waals surface area (Å²) >= 11 is 0. The Morgan fingerprint density at radius 2 is 0.642 bits per heavy atom. The number of allylic oxidation sites excluding steroid dienone is 17. The van der Waals surface area contributed by atoms with Crippen molar-refractivity contribution in [2.45, 2.75) is 426 Å². The summed E-state index contributed by atoms with van der Waals surface area (Å²) in [6, 6.07) is -0.997. The molecule has 0 aromatic heterocycles. The number of carbonyl (C=O) groups excluding carboxylic acids is 1. The van der Waals surface area contributed by atoms with E-state index in [9.17, 15) is 61.0 Å². The van der Waals surface area contributed by atoms with Crippen LogP contribution in [0.5, 0.6) is 0 Å². The molecule has 12 N–H and O–H groups in total. The van der Waals surface area contributed by atoms with Crippen molar-refractivity contribution in [1.82, 2.24) is 5.32 Å². The van der Waals surface area contributed by atoms with E-state index in [-0.39, 0.29) is 18.9 Å². The molecule has 1 amide bonds. The van der Waals surface area contributed by atoms with Gasteiger partial charge in [-0.05, 0) is 89.9 Å². The zero-order chi connectivity index (χ0) is 78.8. The minimum absolute atomic E-state index is 0.232. The quantitative estimate of drug-likeness (QED) is 0.0199. The molecule has 0 aromatic carbocycles. The molecular weight excluding hydrogens is 1380 g/mol. The van der Waals surface area contributed by atoms with Crippen molar-refractivity contribution in [2.24, 2.45) is 0 Å². The van der Waals surface area contributed by atoms with Crippen molar-refractivity contribution in [3.8, 4) is 0 Å². The van der Waals surface area contributed by atoms with Gasteiger partial charge in [0.15, 0.2) is 18.9 Å². The highest BCUT2D eigenvalue weighted by Gasteiger charge is 2.54. The fourth-order valence-corrected chi connectivity index (χ4v) is 14.1. The fraction of sp³-hybridized carbons (Fsp3) is 0.789. The molecule has 3 fully saturated rings. The number of ether oxygens (including phenoxy) is 6. The standard InChI is InChI=1S/C90H157NO18/c1-3-5-7-9-11-13-15-17-19-21-23-25-27-29-30-31-32-33-34-35-36-37-38-39-40-41-42-44-46-48-50-52-54-56-58-60-62-64-66-68-78(96)91-73(74(95)67-65-63-61-59-57-55-53-51-49-47-45-43-28-26-24-22-20-18-16-14-12-10-8-6-4-2)72-104-88-84(102)81(99)86(76(70-93)106-88)109-90-85(103)82(100)87(77(71-94)107-90)108-89-83(101)80(98)79(97)75(69-92)105-89/h5,7,11,13,17,19,23,25,29-30,32-33,35-36,57,59,65,67,73-77,79-90,92-95,97-103H,3-4,6,8-10,12,14-16,18,20-22,24,26-28,31,34,37-56,58,60-64,66,68-72H2,1-2H3,(H,91,96)/b7-5-,13-11-,19-17-,25-23-,30-29-,33-32-,36-35-,59-57+,67-65+. The van der Waals surface area contributed by atoms with Crippen molar-refractivity contribution in [3.63, 3.8) is 0 Å². The Kier molecular flexibility index (Phi) is 62.9. The van der Waals surface area contributed by atoms with Crippen molar-refractivity contribution in [1.29, 1.82) is 0 Å². The van der Waals surface area contributed by atoms with Crippen LogP contribution >= 0.6 is 0 Å². The lowest BCUT2D eigenvalue weighted by Crippen LogP contribution is -2.66. The first-order chi connectivity index (χ1) is 53.3. The number of carbonyl (C=O) groups is 1. The van der Waals surface area contributed by atoms with Crippen molar-refractivity contribution < 1.29 is 89.4 Å².